The maximum Gasteiger partial charge on any atom is 0.254 e. The number of rotatable bonds is 3. The van der Waals surface area contributed by atoms with Gasteiger partial charge in [0.05, 0.1) is 5.69 Å². The summed E-state index contributed by atoms with van der Waals surface area (Å²) >= 11 is 0. The molecule has 4 heterocycles. The average molecular weight is 367 g/mol. The number of aromatic nitrogens is 3. The van der Waals surface area contributed by atoms with Gasteiger partial charge in [-0.3, -0.25) is 9.59 Å². The van der Waals surface area contributed by atoms with Crippen LogP contribution in [-0.2, 0) is 0 Å². The number of hydrogen-bond acceptors (Lipinski definition) is 5. The average Bonchev–Trinajstić information content (AvgIpc) is 3.22. The fraction of sp³-hybridized carbons (Fsp3) is 0.500. The van der Waals surface area contributed by atoms with E-state index < -0.39 is 0 Å². The molecule has 27 heavy (non-hydrogen) atoms. The van der Waals surface area contributed by atoms with E-state index in [1.54, 1.807) is 25.3 Å². The number of hydrogen-bond donors (Lipinski definition) is 1. The summed E-state index contributed by atoms with van der Waals surface area (Å²) in [5.74, 6) is 1.76. The number of pyridine rings is 1. The van der Waals surface area contributed by atoms with Gasteiger partial charge in [0, 0.05) is 49.9 Å². The number of piperidine rings is 1. The van der Waals surface area contributed by atoms with Crippen LogP contribution in [0.3, 0.4) is 0 Å². The zero-order chi connectivity index (χ0) is 18.8. The molecule has 142 valence electrons. The number of nitrogens with one attached hydrogen (secondary N) is 1. The number of nitrogens with zero attached hydrogens (tertiary/aromatic N) is 4. The van der Waals surface area contributed by atoms with E-state index in [1.807, 2.05) is 11.0 Å². The zero-order valence-electron chi connectivity index (χ0n) is 15.6. The van der Waals surface area contributed by atoms with Crippen LogP contribution in [-0.4, -0.2) is 51.9 Å². The molecular formula is C20H25N5O2. The Kier molecular flexibility index (Phi) is 4.92. The van der Waals surface area contributed by atoms with Crippen molar-refractivity contribution in [2.24, 2.45) is 0 Å². The van der Waals surface area contributed by atoms with Crippen LogP contribution < -0.4 is 10.5 Å². The smallest absolute Gasteiger partial charge is 0.254 e. The molecule has 2 aliphatic heterocycles. The summed E-state index contributed by atoms with van der Waals surface area (Å²) in [6.07, 6.45) is 5.89. The van der Waals surface area contributed by atoms with E-state index in [2.05, 4.69) is 19.9 Å². The Morgan fingerprint density at radius 2 is 2.00 bits per heavy atom. The van der Waals surface area contributed by atoms with Crippen molar-refractivity contribution in [1.82, 2.24) is 19.9 Å². The van der Waals surface area contributed by atoms with Crippen LogP contribution in [0.4, 0.5) is 5.82 Å². The highest BCUT2D eigenvalue weighted by Crippen LogP contribution is 2.28. The molecule has 0 saturated carbocycles. The van der Waals surface area contributed by atoms with Crippen molar-refractivity contribution in [1.29, 1.82) is 0 Å². The van der Waals surface area contributed by atoms with Crippen LogP contribution in [0.1, 0.15) is 53.5 Å². The first-order valence-electron chi connectivity index (χ1n) is 9.68. The van der Waals surface area contributed by atoms with Crippen molar-refractivity contribution >= 4 is 11.7 Å². The van der Waals surface area contributed by atoms with Gasteiger partial charge < -0.3 is 14.8 Å². The maximum absolute atomic E-state index is 12.7. The third-order valence-corrected chi connectivity index (χ3v) is 5.43. The first-order valence-corrected chi connectivity index (χ1v) is 9.68. The Bertz CT molecular complexity index is 888. The molecule has 7 nitrogen and oxygen atoms in total. The maximum atomic E-state index is 12.7. The van der Waals surface area contributed by atoms with Crippen LogP contribution in [0.25, 0.3) is 0 Å². The summed E-state index contributed by atoms with van der Waals surface area (Å²) in [5.41, 5.74) is 1.44. The Labute approximate surface area is 158 Å². The number of carbonyl (C=O) groups excluding carboxylic acids is 1. The van der Waals surface area contributed by atoms with Crippen molar-refractivity contribution in [2.75, 3.05) is 31.1 Å². The van der Waals surface area contributed by atoms with Gasteiger partial charge in [-0.25, -0.2) is 9.97 Å². The highest BCUT2D eigenvalue weighted by atomic mass is 16.2. The second-order valence-electron chi connectivity index (χ2n) is 7.44. The van der Waals surface area contributed by atoms with Crippen molar-refractivity contribution in [3.05, 3.63) is 51.8 Å². The molecule has 4 rings (SSSR count). The summed E-state index contributed by atoms with van der Waals surface area (Å²) < 4.78 is 0. The third kappa shape index (κ3) is 3.86. The molecule has 2 aromatic rings. The van der Waals surface area contributed by atoms with Gasteiger partial charge >= 0.3 is 0 Å². The Balaban J connectivity index is 1.53. The monoisotopic (exact) mass is 367 g/mol. The number of carbonyl (C=O) groups is 1. The zero-order valence-corrected chi connectivity index (χ0v) is 15.6. The summed E-state index contributed by atoms with van der Waals surface area (Å²) in [7, 11) is 0. The van der Waals surface area contributed by atoms with Gasteiger partial charge in [0.1, 0.15) is 11.6 Å². The van der Waals surface area contributed by atoms with Crippen LogP contribution in [0.5, 0.6) is 0 Å². The molecule has 7 heteroatoms. The van der Waals surface area contributed by atoms with Gasteiger partial charge in [0.2, 0.25) is 0 Å². The third-order valence-electron chi connectivity index (χ3n) is 5.43. The van der Waals surface area contributed by atoms with Crippen molar-refractivity contribution in [3.63, 3.8) is 0 Å². The number of aromatic amines is 1. The topological polar surface area (TPSA) is 82.2 Å². The Morgan fingerprint density at radius 3 is 2.78 bits per heavy atom. The van der Waals surface area contributed by atoms with Crippen LogP contribution >= 0.6 is 0 Å². The molecule has 1 amide bonds. The summed E-state index contributed by atoms with van der Waals surface area (Å²) in [6, 6.07) is 5.30. The minimum absolute atomic E-state index is 0.0941. The van der Waals surface area contributed by atoms with E-state index >= 15 is 0 Å². The van der Waals surface area contributed by atoms with E-state index in [-0.39, 0.29) is 17.4 Å². The van der Waals surface area contributed by atoms with Crippen LogP contribution in [0, 0.1) is 6.92 Å². The quantitative estimate of drug-likeness (QED) is 0.898. The minimum atomic E-state index is -0.106. The fourth-order valence-electron chi connectivity index (χ4n) is 4.07. The number of aryl methyl sites for hydroxylation is 1. The highest BCUT2D eigenvalue weighted by molar-refractivity contribution is 5.95. The van der Waals surface area contributed by atoms with E-state index in [1.165, 1.54) is 0 Å². The molecular weight excluding hydrogens is 342 g/mol. The first-order chi connectivity index (χ1) is 13.1. The Hall–Kier alpha value is -2.70. The molecule has 1 unspecified atom stereocenters. The molecule has 2 aromatic heterocycles. The van der Waals surface area contributed by atoms with Crippen molar-refractivity contribution < 1.29 is 4.79 Å². The van der Waals surface area contributed by atoms with Gasteiger partial charge in [0.25, 0.3) is 11.5 Å². The standard InChI is InChI=1S/C20H25N5O2/c1-14-22-17(12-19(26)23-14)16-5-4-10-25(13-16)18-11-15(6-7-21-18)20(27)24-8-2-3-9-24/h6-7,11-12,16H,2-5,8-10,13H2,1H3,(H,22,23,26). The minimum Gasteiger partial charge on any atom is -0.356 e. The van der Waals surface area contributed by atoms with E-state index in [0.29, 0.717) is 11.4 Å². The SMILES string of the molecule is Cc1nc(C2CCCN(c3cc(C(=O)N4CCCC4)ccn3)C2)cc(=O)[nH]1. The molecule has 2 saturated heterocycles. The van der Waals surface area contributed by atoms with E-state index in [9.17, 15) is 9.59 Å². The van der Waals surface area contributed by atoms with Gasteiger partial charge in [-0.05, 0) is 44.7 Å². The van der Waals surface area contributed by atoms with E-state index in [0.717, 1.165) is 63.4 Å². The second kappa shape index (κ2) is 7.50. The molecule has 0 aliphatic carbocycles. The molecule has 0 bridgehead atoms. The lowest BCUT2D eigenvalue weighted by Crippen LogP contribution is -2.36. The fourth-order valence-corrected chi connectivity index (χ4v) is 4.07. The van der Waals surface area contributed by atoms with Gasteiger partial charge in [0.15, 0.2) is 0 Å². The molecule has 2 fully saturated rings. The number of anilines is 1. The Morgan fingerprint density at radius 1 is 1.19 bits per heavy atom. The molecule has 0 radical (unpaired) electrons. The predicted octanol–water partition coefficient (Wildman–Crippen LogP) is 2.09. The lowest BCUT2D eigenvalue weighted by Gasteiger charge is -2.33. The van der Waals surface area contributed by atoms with Gasteiger partial charge in [-0.1, -0.05) is 0 Å². The lowest BCUT2D eigenvalue weighted by atomic mass is 9.94. The lowest BCUT2D eigenvalue weighted by molar-refractivity contribution is 0.0792. The number of H-pyrrole nitrogens is 1. The predicted molar refractivity (Wildman–Crippen MR) is 103 cm³/mol. The van der Waals surface area contributed by atoms with Crippen LogP contribution in [0.15, 0.2) is 29.2 Å². The number of amides is 1. The molecule has 0 aromatic carbocycles. The second-order valence-corrected chi connectivity index (χ2v) is 7.44. The van der Waals surface area contributed by atoms with Crippen molar-refractivity contribution in [3.8, 4) is 0 Å². The first kappa shape index (κ1) is 17.7. The van der Waals surface area contributed by atoms with E-state index in [4.69, 9.17) is 0 Å². The largest absolute Gasteiger partial charge is 0.356 e. The highest BCUT2D eigenvalue weighted by Gasteiger charge is 2.25. The number of likely N-dealkylation sites (tertiary alicyclic amines) is 1. The molecule has 1 N–H and O–H groups in total. The van der Waals surface area contributed by atoms with Crippen LogP contribution in [0.2, 0.25) is 0 Å². The van der Waals surface area contributed by atoms with Gasteiger partial charge in [-0.15, -0.1) is 0 Å². The normalized spacial score (nSPS) is 20.1. The molecule has 2 aliphatic rings. The molecule has 0 spiro atoms. The van der Waals surface area contributed by atoms with Gasteiger partial charge in [-0.2, -0.15) is 0 Å². The van der Waals surface area contributed by atoms with Crippen molar-refractivity contribution in [2.45, 2.75) is 38.5 Å². The summed E-state index contributed by atoms with van der Waals surface area (Å²) in [4.78, 5) is 40.3. The summed E-state index contributed by atoms with van der Waals surface area (Å²) in [5, 5.41) is 0. The molecule has 1 atom stereocenters. The summed E-state index contributed by atoms with van der Waals surface area (Å²) in [6.45, 7) is 5.14.